The molecule has 1 saturated heterocycles. The number of nitrogens with zero attached hydrogens (tertiary/aromatic N) is 3. The third-order valence-corrected chi connectivity index (χ3v) is 6.94. The summed E-state index contributed by atoms with van der Waals surface area (Å²) < 4.78 is 39.6. The van der Waals surface area contributed by atoms with Crippen LogP contribution in [0, 0.1) is 4.84 Å². The molecule has 0 bridgehead atoms. The van der Waals surface area contributed by atoms with Crippen molar-refractivity contribution >= 4 is 22.2 Å². The number of quaternary nitrogens is 1. The van der Waals surface area contributed by atoms with Crippen LogP contribution in [0.3, 0.4) is 0 Å². The van der Waals surface area contributed by atoms with Gasteiger partial charge in [-0.2, -0.15) is 8.99 Å². The fourth-order valence-electron chi connectivity index (χ4n) is 3.05. The van der Waals surface area contributed by atoms with E-state index in [1.54, 1.807) is 28.9 Å². The molecule has 0 aliphatic carbocycles. The molecule has 1 aromatic heterocycles. The molecule has 0 unspecified atom stereocenters. The van der Waals surface area contributed by atoms with Gasteiger partial charge in [0, 0.05) is 18.7 Å². The van der Waals surface area contributed by atoms with Crippen LogP contribution in [0.5, 0.6) is 0 Å². The fraction of sp³-hybridized carbons (Fsp3) is 0.529. The largest absolute Gasteiger partial charge is 0.409 e. The second kappa shape index (κ2) is 8.61. The van der Waals surface area contributed by atoms with Crippen LogP contribution < -0.4 is 4.90 Å². The summed E-state index contributed by atoms with van der Waals surface area (Å²) in [5.74, 6) is 0.323. The Morgan fingerprint density at radius 2 is 1.96 bits per heavy atom. The van der Waals surface area contributed by atoms with Crippen molar-refractivity contribution in [3.63, 3.8) is 0 Å². The minimum absolute atomic E-state index is 0.221. The Bertz CT molecular complexity index is 928. The number of nitrogens with one attached hydrogen (secondary N) is 1. The monoisotopic (exact) mass is 413 g/mol. The zero-order chi connectivity index (χ0) is 19.4. The van der Waals surface area contributed by atoms with Gasteiger partial charge in [-0.05, 0) is 30.4 Å². The lowest BCUT2D eigenvalue weighted by atomic mass is 10.2. The Hall–Kier alpha value is -1.59. The molecule has 2 heterocycles. The number of hydrogen-bond donors (Lipinski definition) is 1. The molecule has 8 nitrogen and oxygen atoms in total. The number of aromatic nitrogens is 2. The third kappa shape index (κ3) is 4.46. The Labute approximate surface area is 164 Å². The van der Waals surface area contributed by atoms with Crippen LogP contribution in [0.2, 0.25) is 0 Å². The Morgan fingerprint density at radius 1 is 1.26 bits per heavy atom. The van der Waals surface area contributed by atoms with E-state index < -0.39 is 10.0 Å². The van der Waals surface area contributed by atoms with Crippen molar-refractivity contribution in [3.8, 4) is 11.5 Å². The third-order valence-electron chi connectivity index (χ3n) is 4.60. The lowest BCUT2D eigenvalue weighted by Crippen LogP contribution is -3.13. The molecule has 1 aliphatic heterocycles. The molecule has 0 atom stereocenters. The van der Waals surface area contributed by atoms with E-state index in [-0.39, 0.29) is 9.73 Å². The molecular formula is C17H25N4O4S2+. The standard InChI is InChI=1S/C17H24N4O4S2/c1-3-20(4-2)27(22,23)15-7-5-6-14(12-15)16-18-21(17(26)25-16)13-19-8-10-24-11-9-19/h5-7,12H,3-4,8-11,13H2,1-2H3/p+1. The average Bonchev–Trinajstić information content (AvgIpc) is 3.04. The van der Waals surface area contributed by atoms with Crippen LogP contribution in [0.4, 0.5) is 0 Å². The van der Waals surface area contributed by atoms with Gasteiger partial charge in [0.1, 0.15) is 13.1 Å². The quantitative estimate of drug-likeness (QED) is 0.676. The first kappa shape index (κ1) is 20.2. The molecule has 0 saturated carbocycles. The highest BCUT2D eigenvalue weighted by Gasteiger charge is 2.23. The first-order valence-electron chi connectivity index (χ1n) is 9.05. The minimum atomic E-state index is -3.54. The summed E-state index contributed by atoms with van der Waals surface area (Å²) in [5, 5.41) is 4.46. The zero-order valence-corrected chi connectivity index (χ0v) is 17.2. The summed E-state index contributed by atoms with van der Waals surface area (Å²) >= 11 is 5.29. The lowest BCUT2D eigenvalue weighted by Gasteiger charge is -2.22. The average molecular weight is 414 g/mol. The van der Waals surface area contributed by atoms with E-state index in [2.05, 4.69) is 5.10 Å². The minimum Gasteiger partial charge on any atom is -0.409 e. The summed E-state index contributed by atoms with van der Waals surface area (Å²) in [4.78, 5) is 1.81. The van der Waals surface area contributed by atoms with Crippen LogP contribution in [0.1, 0.15) is 13.8 Å². The van der Waals surface area contributed by atoms with E-state index in [4.69, 9.17) is 21.4 Å². The van der Waals surface area contributed by atoms with Crippen molar-refractivity contribution < 1.29 is 22.5 Å². The second-order valence-corrected chi connectivity index (χ2v) is 8.60. The Balaban J connectivity index is 1.87. The summed E-state index contributed by atoms with van der Waals surface area (Å²) in [6.07, 6.45) is 0. The molecule has 0 radical (unpaired) electrons. The van der Waals surface area contributed by atoms with Gasteiger partial charge in [0.05, 0.1) is 18.1 Å². The highest BCUT2D eigenvalue weighted by Crippen LogP contribution is 2.23. The summed E-state index contributed by atoms with van der Waals surface area (Å²) in [6, 6.07) is 6.63. The lowest BCUT2D eigenvalue weighted by molar-refractivity contribution is -0.931. The van der Waals surface area contributed by atoms with E-state index in [1.165, 1.54) is 9.21 Å². The first-order chi connectivity index (χ1) is 13.0. The maximum Gasteiger partial charge on any atom is 0.292 e. The molecule has 148 valence electrons. The predicted molar refractivity (Wildman–Crippen MR) is 102 cm³/mol. The normalized spacial score (nSPS) is 16.1. The van der Waals surface area contributed by atoms with Gasteiger partial charge in [-0.25, -0.2) is 8.42 Å². The number of ether oxygens (including phenoxy) is 1. The topological polar surface area (TPSA) is 82.0 Å². The molecule has 3 rings (SSSR count). The van der Waals surface area contributed by atoms with Crippen LogP contribution >= 0.6 is 12.2 Å². The maximum atomic E-state index is 12.7. The van der Waals surface area contributed by atoms with E-state index in [0.717, 1.165) is 26.3 Å². The van der Waals surface area contributed by atoms with E-state index in [9.17, 15) is 8.42 Å². The number of rotatable bonds is 7. The van der Waals surface area contributed by atoms with Gasteiger partial charge in [-0.3, -0.25) is 0 Å². The smallest absolute Gasteiger partial charge is 0.292 e. The summed E-state index contributed by atoms with van der Waals surface area (Å²) in [7, 11) is -3.54. The molecule has 10 heteroatoms. The van der Waals surface area contributed by atoms with Gasteiger partial charge in [0.25, 0.3) is 4.84 Å². The van der Waals surface area contributed by atoms with Gasteiger partial charge >= 0.3 is 0 Å². The molecule has 1 aromatic carbocycles. The van der Waals surface area contributed by atoms with Crippen molar-refractivity contribution in [2.24, 2.45) is 0 Å². The predicted octanol–water partition coefficient (Wildman–Crippen LogP) is 0.776. The van der Waals surface area contributed by atoms with Crippen molar-refractivity contribution in [1.82, 2.24) is 14.1 Å². The van der Waals surface area contributed by atoms with Crippen LogP contribution in [0.15, 0.2) is 33.6 Å². The second-order valence-electron chi connectivity index (χ2n) is 6.31. The summed E-state index contributed by atoms with van der Waals surface area (Å²) in [5.41, 5.74) is 0.588. The Kier molecular flexibility index (Phi) is 6.43. The van der Waals surface area contributed by atoms with Gasteiger partial charge in [-0.15, -0.1) is 5.10 Å². The first-order valence-corrected chi connectivity index (χ1v) is 10.9. The number of hydrogen-bond acceptors (Lipinski definition) is 6. The maximum absolute atomic E-state index is 12.7. The van der Waals surface area contributed by atoms with Crippen LogP contribution in [0.25, 0.3) is 11.5 Å². The fourth-order valence-corrected chi connectivity index (χ4v) is 4.74. The molecule has 2 aromatic rings. The van der Waals surface area contributed by atoms with Gasteiger partial charge in [0.2, 0.25) is 15.9 Å². The van der Waals surface area contributed by atoms with Gasteiger partial charge in [0.15, 0.2) is 6.67 Å². The molecule has 1 aliphatic rings. The highest BCUT2D eigenvalue weighted by atomic mass is 32.2. The van der Waals surface area contributed by atoms with Crippen LogP contribution in [-0.2, 0) is 21.4 Å². The number of sulfonamides is 1. The van der Waals surface area contributed by atoms with Gasteiger partial charge in [-0.1, -0.05) is 19.9 Å². The summed E-state index contributed by atoms with van der Waals surface area (Å²) in [6.45, 7) is 8.30. The molecule has 0 spiro atoms. The molecule has 27 heavy (non-hydrogen) atoms. The van der Waals surface area contributed by atoms with Crippen LogP contribution in [-0.4, -0.2) is 61.9 Å². The zero-order valence-electron chi connectivity index (χ0n) is 15.6. The SMILES string of the molecule is CCN(CC)S(=O)(=O)c1cccc(-c2nn(C[NH+]3CCOCC3)c(=S)o2)c1. The molecular weight excluding hydrogens is 388 g/mol. The van der Waals surface area contributed by atoms with E-state index in [0.29, 0.717) is 31.2 Å². The Morgan fingerprint density at radius 3 is 2.63 bits per heavy atom. The number of morpholine rings is 1. The van der Waals surface area contributed by atoms with Crippen molar-refractivity contribution in [3.05, 3.63) is 29.1 Å². The van der Waals surface area contributed by atoms with E-state index >= 15 is 0 Å². The molecule has 1 N–H and O–H groups in total. The molecule has 0 amide bonds. The van der Waals surface area contributed by atoms with Crippen molar-refractivity contribution in [2.45, 2.75) is 25.4 Å². The highest BCUT2D eigenvalue weighted by molar-refractivity contribution is 7.89. The van der Waals surface area contributed by atoms with Gasteiger partial charge < -0.3 is 14.1 Å². The van der Waals surface area contributed by atoms with Crippen molar-refractivity contribution in [2.75, 3.05) is 39.4 Å². The molecule has 1 fully saturated rings. The van der Waals surface area contributed by atoms with Crippen molar-refractivity contribution in [1.29, 1.82) is 0 Å². The van der Waals surface area contributed by atoms with E-state index in [1.807, 2.05) is 13.8 Å². The number of benzene rings is 1.